The summed E-state index contributed by atoms with van der Waals surface area (Å²) in [6.45, 7) is 5.57. The molecule has 2 aromatic carbocycles. The van der Waals surface area contributed by atoms with Crippen molar-refractivity contribution >= 4 is 5.97 Å². The minimum absolute atomic E-state index is 0.213. The van der Waals surface area contributed by atoms with Crippen LogP contribution in [-0.4, -0.2) is 35.7 Å². The number of benzene rings is 2. The molecule has 1 aliphatic heterocycles. The van der Waals surface area contributed by atoms with Gasteiger partial charge >= 0.3 is 5.97 Å². The van der Waals surface area contributed by atoms with Crippen LogP contribution in [0.3, 0.4) is 0 Å². The van der Waals surface area contributed by atoms with E-state index in [0.717, 1.165) is 48.8 Å². The molecule has 192 valence electrons. The second-order valence-electron chi connectivity index (χ2n) is 12.0. The number of carboxylic acid groups (broad SMARTS) is 1. The van der Waals surface area contributed by atoms with Gasteiger partial charge < -0.3 is 14.6 Å². The van der Waals surface area contributed by atoms with E-state index in [0.29, 0.717) is 25.1 Å². The van der Waals surface area contributed by atoms with Crippen LogP contribution in [0.2, 0.25) is 0 Å². The summed E-state index contributed by atoms with van der Waals surface area (Å²) in [6.07, 6.45) is 9.36. The van der Waals surface area contributed by atoms with Crippen LogP contribution in [0.4, 0.5) is 0 Å². The third-order valence-electron chi connectivity index (χ3n) is 9.16. The van der Waals surface area contributed by atoms with E-state index in [1.807, 2.05) is 12.1 Å². The summed E-state index contributed by atoms with van der Waals surface area (Å²) in [5.41, 5.74) is 4.15. The van der Waals surface area contributed by atoms with Gasteiger partial charge in [0, 0.05) is 25.2 Å². The molecule has 1 heterocycles. The topological polar surface area (TPSA) is 59.0 Å². The fourth-order valence-corrected chi connectivity index (χ4v) is 7.83. The molecule has 0 radical (unpaired) electrons. The first-order chi connectivity index (χ1) is 17.5. The Labute approximate surface area is 214 Å². The number of ether oxygens (including phenoxy) is 2. The van der Waals surface area contributed by atoms with Crippen molar-refractivity contribution < 1.29 is 19.4 Å². The first-order valence-corrected chi connectivity index (χ1v) is 13.9. The monoisotopic (exact) mass is 489 g/mol. The van der Waals surface area contributed by atoms with Crippen molar-refractivity contribution in [1.29, 1.82) is 0 Å². The van der Waals surface area contributed by atoms with Crippen LogP contribution in [0.25, 0.3) is 0 Å². The van der Waals surface area contributed by atoms with Crippen molar-refractivity contribution in [2.45, 2.75) is 70.4 Å². The Morgan fingerprint density at radius 1 is 0.944 bits per heavy atom. The summed E-state index contributed by atoms with van der Waals surface area (Å²) in [4.78, 5) is 13.2. The Bertz CT molecular complexity index is 1050. The highest BCUT2D eigenvalue weighted by atomic mass is 16.5. The molecule has 0 spiro atoms. The maximum Gasteiger partial charge on any atom is 0.309 e. The van der Waals surface area contributed by atoms with Crippen LogP contribution < -0.4 is 9.47 Å². The first-order valence-electron chi connectivity index (χ1n) is 13.9. The van der Waals surface area contributed by atoms with Gasteiger partial charge in [0.1, 0.15) is 18.1 Å². The van der Waals surface area contributed by atoms with Crippen LogP contribution in [0.15, 0.2) is 42.5 Å². The molecule has 0 unspecified atom stereocenters. The Kier molecular flexibility index (Phi) is 6.45. The molecule has 5 nitrogen and oxygen atoms in total. The molecule has 36 heavy (non-hydrogen) atoms. The Morgan fingerprint density at radius 2 is 1.58 bits per heavy atom. The number of carbonyl (C=O) groups is 1. The predicted molar refractivity (Wildman–Crippen MR) is 139 cm³/mol. The standard InChI is InChI=1S/C31H39NO4/c1-2-9-35-29-8-5-22(13-28(29)31-14-23-10-24(15-31)12-25(11-23)16-31)20-36-27-6-3-21(4-7-27)17-32-18-26(19-32)30(33)34/h3-8,13,23-26H,2,9-12,14-20H2,1H3,(H,33,34). The Balaban J connectivity index is 1.13. The summed E-state index contributed by atoms with van der Waals surface area (Å²) in [5, 5.41) is 9.06. The molecule has 0 aromatic heterocycles. The zero-order valence-electron chi connectivity index (χ0n) is 21.5. The van der Waals surface area contributed by atoms with Crippen LogP contribution in [0, 0.1) is 23.7 Å². The number of hydrogen-bond donors (Lipinski definition) is 1. The van der Waals surface area contributed by atoms with E-state index < -0.39 is 5.97 Å². The number of carboxylic acids is 1. The molecule has 0 atom stereocenters. The number of likely N-dealkylation sites (tertiary alicyclic amines) is 1. The van der Waals surface area contributed by atoms with Crippen molar-refractivity contribution in [2.75, 3.05) is 19.7 Å². The molecule has 1 N–H and O–H groups in total. The summed E-state index contributed by atoms with van der Waals surface area (Å²) in [7, 11) is 0. The van der Waals surface area contributed by atoms with E-state index in [9.17, 15) is 4.79 Å². The van der Waals surface area contributed by atoms with Gasteiger partial charge in [0.2, 0.25) is 0 Å². The van der Waals surface area contributed by atoms with Gasteiger partial charge in [0.05, 0.1) is 12.5 Å². The lowest BCUT2D eigenvalue weighted by Gasteiger charge is -2.57. The van der Waals surface area contributed by atoms with Gasteiger partial charge in [-0.15, -0.1) is 0 Å². The SMILES string of the molecule is CCCOc1ccc(COc2ccc(CN3CC(C(=O)O)C3)cc2)cc1C12CC3CC(CC(C3)C1)C2. The average molecular weight is 490 g/mol. The number of hydrogen-bond acceptors (Lipinski definition) is 4. The van der Waals surface area contributed by atoms with E-state index >= 15 is 0 Å². The fraction of sp³-hybridized carbons (Fsp3) is 0.581. The minimum Gasteiger partial charge on any atom is -0.493 e. The van der Waals surface area contributed by atoms with E-state index in [1.54, 1.807) is 0 Å². The van der Waals surface area contributed by atoms with Crippen molar-refractivity contribution in [3.05, 3.63) is 59.2 Å². The molecule has 4 saturated carbocycles. The van der Waals surface area contributed by atoms with Gasteiger partial charge in [-0.3, -0.25) is 9.69 Å². The third kappa shape index (κ3) is 4.74. The van der Waals surface area contributed by atoms with Crippen molar-refractivity contribution in [1.82, 2.24) is 4.90 Å². The van der Waals surface area contributed by atoms with E-state index in [-0.39, 0.29) is 5.92 Å². The second kappa shape index (κ2) is 9.74. The van der Waals surface area contributed by atoms with E-state index in [2.05, 4.69) is 42.2 Å². The van der Waals surface area contributed by atoms with Gasteiger partial charge in [-0.05, 0) is 104 Å². The molecule has 4 bridgehead atoms. The minimum atomic E-state index is -0.689. The number of nitrogens with zero attached hydrogens (tertiary/aromatic N) is 1. The highest BCUT2D eigenvalue weighted by molar-refractivity contribution is 5.71. The van der Waals surface area contributed by atoms with Crippen molar-refractivity contribution in [3.63, 3.8) is 0 Å². The number of rotatable bonds is 10. The summed E-state index contributed by atoms with van der Waals surface area (Å²) in [6, 6.07) is 15.0. The maximum atomic E-state index is 11.0. The lowest BCUT2D eigenvalue weighted by molar-refractivity contribution is -0.147. The van der Waals surface area contributed by atoms with Crippen LogP contribution in [-0.2, 0) is 23.4 Å². The quantitative estimate of drug-likeness (QED) is 0.441. The lowest BCUT2D eigenvalue weighted by Crippen LogP contribution is -2.49. The van der Waals surface area contributed by atoms with E-state index in [1.165, 1.54) is 55.2 Å². The molecule has 4 aliphatic carbocycles. The van der Waals surface area contributed by atoms with Crippen LogP contribution in [0.5, 0.6) is 11.5 Å². The van der Waals surface area contributed by atoms with Gasteiger partial charge in [0.15, 0.2) is 0 Å². The second-order valence-corrected chi connectivity index (χ2v) is 12.0. The summed E-state index contributed by atoms with van der Waals surface area (Å²) >= 11 is 0. The molecule has 5 aliphatic rings. The highest BCUT2D eigenvalue weighted by Crippen LogP contribution is 2.62. The molecule has 5 fully saturated rings. The smallest absolute Gasteiger partial charge is 0.309 e. The molecule has 1 saturated heterocycles. The first kappa shape index (κ1) is 23.8. The maximum absolute atomic E-state index is 11.0. The molecular weight excluding hydrogens is 450 g/mol. The average Bonchev–Trinajstić information content (AvgIpc) is 2.83. The Hall–Kier alpha value is -2.53. The molecule has 7 rings (SSSR count). The normalized spacial score (nSPS) is 29.2. The van der Waals surface area contributed by atoms with Gasteiger partial charge in [-0.2, -0.15) is 0 Å². The molecule has 0 amide bonds. The van der Waals surface area contributed by atoms with Crippen molar-refractivity contribution in [2.24, 2.45) is 23.7 Å². The lowest BCUT2D eigenvalue weighted by atomic mass is 9.48. The summed E-state index contributed by atoms with van der Waals surface area (Å²) in [5.74, 6) is 3.78. The molecule has 5 heteroatoms. The van der Waals surface area contributed by atoms with Crippen molar-refractivity contribution in [3.8, 4) is 11.5 Å². The molecule has 2 aromatic rings. The van der Waals surface area contributed by atoms with Gasteiger partial charge in [0.25, 0.3) is 0 Å². The zero-order valence-corrected chi connectivity index (χ0v) is 21.5. The van der Waals surface area contributed by atoms with Crippen LogP contribution in [0.1, 0.15) is 68.6 Å². The largest absolute Gasteiger partial charge is 0.493 e. The zero-order chi connectivity index (χ0) is 24.7. The fourth-order valence-electron chi connectivity index (χ4n) is 7.83. The molecular formula is C31H39NO4. The van der Waals surface area contributed by atoms with Gasteiger partial charge in [-0.1, -0.05) is 25.1 Å². The Morgan fingerprint density at radius 3 is 2.19 bits per heavy atom. The van der Waals surface area contributed by atoms with Gasteiger partial charge in [-0.25, -0.2) is 0 Å². The summed E-state index contributed by atoms with van der Waals surface area (Å²) < 4.78 is 12.5. The number of aliphatic carboxylic acids is 1. The predicted octanol–water partition coefficient (Wildman–Crippen LogP) is 6.04. The highest BCUT2D eigenvalue weighted by Gasteiger charge is 2.52. The third-order valence-corrected chi connectivity index (χ3v) is 9.16. The van der Waals surface area contributed by atoms with E-state index in [4.69, 9.17) is 14.6 Å². The van der Waals surface area contributed by atoms with Crippen LogP contribution >= 0.6 is 0 Å².